The second-order valence-corrected chi connectivity index (χ2v) is 6.37. The number of ether oxygens (including phenoxy) is 2. The number of aliphatic imine (C=N–C) groups is 1. The third kappa shape index (κ3) is 3.16. The standard InChI is InChI=1S/C20H16N4O4/c25-20(22-13-5-6-16-17(10-13)27-11-26-16)24-18-9-12(7-8-21-18)19-23-14-3-1-2-4-15(14)28-19/h1-6,8-10,12H,7,11H2,(H2,22,24,25). The minimum Gasteiger partial charge on any atom is -0.454 e. The molecular formula is C20H16N4O4. The molecule has 8 heteroatoms. The lowest BCUT2D eigenvalue weighted by atomic mass is 10.0. The van der Waals surface area contributed by atoms with Crippen molar-refractivity contribution in [1.29, 1.82) is 0 Å². The molecule has 2 aliphatic heterocycles. The lowest BCUT2D eigenvalue weighted by Crippen LogP contribution is -2.28. The Balaban J connectivity index is 1.28. The van der Waals surface area contributed by atoms with E-state index in [1.807, 2.05) is 30.3 Å². The third-order valence-corrected chi connectivity index (χ3v) is 4.45. The quantitative estimate of drug-likeness (QED) is 0.725. The van der Waals surface area contributed by atoms with E-state index in [-0.39, 0.29) is 12.7 Å². The van der Waals surface area contributed by atoms with Gasteiger partial charge in [0.05, 0.1) is 5.92 Å². The first kappa shape index (κ1) is 16.4. The largest absolute Gasteiger partial charge is 0.454 e. The van der Waals surface area contributed by atoms with Crippen molar-refractivity contribution in [3.05, 3.63) is 60.3 Å². The molecule has 1 aromatic heterocycles. The summed E-state index contributed by atoms with van der Waals surface area (Å²) in [7, 11) is 0. The molecule has 0 spiro atoms. The van der Waals surface area contributed by atoms with E-state index in [2.05, 4.69) is 20.6 Å². The van der Waals surface area contributed by atoms with Crippen molar-refractivity contribution in [3.8, 4) is 11.5 Å². The molecule has 140 valence electrons. The van der Waals surface area contributed by atoms with Crippen molar-refractivity contribution in [2.45, 2.75) is 12.3 Å². The minimum absolute atomic E-state index is 0.0919. The number of benzene rings is 2. The Morgan fingerprint density at radius 2 is 1.96 bits per heavy atom. The van der Waals surface area contributed by atoms with Gasteiger partial charge in [-0.25, -0.2) is 14.8 Å². The summed E-state index contributed by atoms with van der Waals surface area (Å²) in [6.07, 6.45) is 4.24. The van der Waals surface area contributed by atoms with Crippen LogP contribution in [0.15, 0.2) is 63.8 Å². The monoisotopic (exact) mass is 376 g/mol. The Hall–Kier alpha value is -3.81. The van der Waals surface area contributed by atoms with Gasteiger partial charge in [-0.1, -0.05) is 12.1 Å². The molecule has 28 heavy (non-hydrogen) atoms. The van der Waals surface area contributed by atoms with Crippen LogP contribution in [0.1, 0.15) is 18.2 Å². The molecule has 2 N–H and O–H groups in total. The number of carbonyl (C=O) groups excluding carboxylic acids is 1. The van der Waals surface area contributed by atoms with Crippen LogP contribution in [0, 0.1) is 0 Å². The zero-order valence-corrected chi connectivity index (χ0v) is 14.7. The first-order valence-electron chi connectivity index (χ1n) is 8.82. The van der Waals surface area contributed by atoms with Gasteiger partial charge in [0.1, 0.15) is 11.3 Å². The van der Waals surface area contributed by atoms with Gasteiger partial charge in [0.25, 0.3) is 0 Å². The predicted molar refractivity (Wildman–Crippen MR) is 103 cm³/mol. The molecule has 2 aliphatic rings. The zero-order valence-electron chi connectivity index (χ0n) is 14.7. The summed E-state index contributed by atoms with van der Waals surface area (Å²) in [4.78, 5) is 21.1. The Bertz CT molecular complexity index is 1090. The Morgan fingerprint density at radius 3 is 2.89 bits per heavy atom. The van der Waals surface area contributed by atoms with Crippen LogP contribution in [0.4, 0.5) is 10.5 Å². The van der Waals surface area contributed by atoms with E-state index in [9.17, 15) is 4.79 Å². The summed E-state index contributed by atoms with van der Waals surface area (Å²) in [5.41, 5.74) is 2.14. The van der Waals surface area contributed by atoms with E-state index in [1.54, 1.807) is 24.4 Å². The molecule has 1 atom stereocenters. The van der Waals surface area contributed by atoms with Gasteiger partial charge in [0.2, 0.25) is 12.7 Å². The van der Waals surface area contributed by atoms with Crippen molar-refractivity contribution in [1.82, 2.24) is 10.3 Å². The maximum Gasteiger partial charge on any atom is 0.324 e. The lowest BCUT2D eigenvalue weighted by molar-refractivity contribution is 0.174. The molecule has 2 amide bonds. The molecule has 0 aliphatic carbocycles. The van der Waals surface area contributed by atoms with E-state index < -0.39 is 6.03 Å². The number of hydrogen-bond acceptors (Lipinski definition) is 6. The van der Waals surface area contributed by atoms with Crippen molar-refractivity contribution >= 4 is 29.0 Å². The number of amides is 2. The molecule has 3 heterocycles. The minimum atomic E-state index is -0.402. The van der Waals surface area contributed by atoms with Crippen molar-refractivity contribution in [3.63, 3.8) is 0 Å². The van der Waals surface area contributed by atoms with Crippen LogP contribution in [0.2, 0.25) is 0 Å². The van der Waals surface area contributed by atoms with Crippen LogP contribution >= 0.6 is 0 Å². The summed E-state index contributed by atoms with van der Waals surface area (Å²) >= 11 is 0. The van der Waals surface area contributed by atoms with Crippen LogP contribution in [0.25, 0.3) is 11.1 Å². The number of nitrogens with one attached hydrogen (secondary N) is 2. The maximum atomic E-state index is 12.3. The van der Waals surface area contributed by atoms with Crippen LogP contribution < -0.4 is 20.1 Å². The number of fused-ring (bicyclic) bond motifs is 2. The second-order valence-electron chi connectivity index (χ2n) is 6.37. The number of aromatic nitrogens is 1. The highest BCUT2D eigenvalue weighted by Gasteiger charge is 2.20. The van der Waals surface area contributed by atoms with Crippen LogP contribution in [-0.4, -0.2) is 24.0 Å². The highest BCUT2D eigenvalue weighted by molar-refractivity contribution is 5.91. The zero-order chi connectivity index (χ0) is 18.9. The number of oxazole rings is 1. The highest BCUT2D eigenvalue weighted by Crippen LogP contribution is 2.34. The molecule has 0 radical (unpaired) electrons. The Labute approximate surface area is 159 Å². The summed E-state index contributed by atoms with van der Waals surface area (Å²) in [5, 5.41) is 5.50. The van der Waals surface area contributed by atoms with E-state index >= 15 is 0 Å². The fourth-order valence-corrected chi connectivity index (χ4v) is 3.11. The molecule has 5 rings (SSSR count). The molecule has 0 fully saturated rings. The molecule has 3 aromatic rings. The van der Waals surface area contributed by atoms with E-state index in [4.69, 9.17) is 13.9 Å². The van der Waals surface area contributed by atoms with Crippen LogP contribution in [0.3, 0.4) is 0 Å². The predicted octanol–water partition coefficient (Wildman–Crippen LogP) is 3.78. The van der Waals surface area contributed by atoms with Gasteiger partial charge in [-0.15, -0.1) is 0 Å². The van der Waals surface area contributed by atoms with Gasteiger partial charge in [-0.05, 0) is 36.8 Å². The fraction of sp³-hybridized carbons (Fsp3) is 0.150. The maximum absolute atomic E-state index is 12.3. The SMILES string of the molecule is O=C(NC1=CC(c2nc3ccccc3o2)CC=N1)Nc1ccc2c(c1)OCO2. The average molecular weight is 376 g/mol. The van der Waals surface area contributed by atoms with Gasteiger partial charge in [-0.3, -0.25) is 5.32 Å². The molecule has 1 unspecified atom stereocenters. The van der Waals surface area contributed by atoms with Gasteiger partial charge >= 0.3 is 6.03 Å². The molecular weight excluding hydrogens is 360 g/mol. The molecule has 0 bridgehead atoms. The molecule has 0 saturated heterocycles. The van der Waals surface area contributed by atoms with Crippen molar-refractivity contribution in [2.75, 3.05) is 12.1 Å². The van der Waals surface area contributed by atoms with E-state index in [0.29, 0.717) is 35.3 Å². The number of allylic oxidation sites excluding steroid dienone is 1. The molecule has 2 aromatic carbocycles. The number of carbonyl (C=O) groups is 1. The van der Waals surface area contributed by atoms with Gasteiger partial charge < -0.3 is 19.2 Å². The van der Waals surface area contributed by atoms with Crippen molar-refractivity contribution < 1.29 is 18.7 Å². The van der Waals surface area contributed by atoms with Gasteiger partial charge in [0.15, 0.2) is 17.1 Å². The van der Waals surface area contributed by atoms with Crippen LogP contribution in [-0.2, 0) is 0 Å². The topological polar surface area (TPSA) is 98.0 Å². The number of rotatable bonds is 3. The lowest BCUT2D eigenvalue weighted by Gasteiger charge is -2.14. The first-order chi connectivity index (χ1) is 13.7. The fourth-order valence-electron chi connectivity index (χ4n) is 3.11. The summed E-state index contributed by atoms with van der Waals surface area (Å²) in [6.45, 7) is 0.184. The molecule has 0 saturated carbocycles. The van der Waals surface area contributed by atoms with Crippen LogP contribution in [0.5, 0.6) is 11.5 Å². The molecule has 8 nitrogen and oxygen atoms in total. The first-order valence-corrected chi connectivity index (χ1v) is 8.82. The number of para-hydroxylation sites is 2. The summed E-state index contributed by atoms with van der Waals surface area (Å²) < 4.78 is 16.4. The van der Waals surface area contributed by atoms with E-state index in [1.165, 1.54) is 0 Å². The summed E-state index contributed by atoms with van der Waals surface area (Å²) in [6, 6.07) is 12.4. The Kier molecular flexibility index (Phi) is 3.93. The Morgan fingerprint density at radius 1 is 1.07 bits per heavy atom. The third-order valence-electron chi connectivity index (χ3n) is 4.45. The van der Waals surface area contributed by atoms with Gasteiger partial charge in [0, 0.05) is 18.0 Å². The number of anilines is 1. The van der Waals surface area contributed by atoms with E-state index in [0.717, 1.165) is 11.1 Å². The average Bonchev–Trinajstić information content (AvgIpc) is 3.34. The number of hydrogen-bond donors (Lipinski definition) is 2. The summed E-state index contributed by atoms with van der Waals surface area (Å²) in [5.74, 6) is 2.21. The number of nitrogens with zero attached hydrogens (tertiary/aromatic N) is 2. The highest BCUT2D eigenvalue weighted by atomic mass is 16.7. The van der Waals surface area contributed by atoms with Crippen molar-refractivity contribution in [2.24, 2.45) is 4.99 Å². The normalized spacial score (nSPS) is 17.4. The second kappa shape index (κ2) is 6.73. The smallest absolute Gasteiger partial charge is 0.324 e. The number of urea groups is 1. The van der Waals surface area contributed by atoms with Gasteiger partial charge in [-0.2, -0.15) is 0 Å².